The fourth-order valence-corrected chi connectivity index (χ4v) is 4.62. The highest BCUT2D eigenvalue weighted by atomic mass is 19.4. The van der Waals surface area contributed by atoms with E-state index in [0.717, 1.165) is 24.8 Å². The fraction of sp³-hybridized carbons (Fsp3) is 0.423. The van der Waals surface area contributed by atoms with Crippen LogP contribution in [-0.2, 0) is 17.1 Å². The molecule has 0 bridgehead atoms. The van der Waals surface area contributed by atoms with E-state index in [1.165, 1.54) is 18.2 Å². The Morgan fingerprint density at radius 3 is 2.14 bits per heavy atom. The van der Waals surface area contributed by atoms with Crippen molar-refractivity contribution >= 4 is 22.5 Å². The SMILES string of the molecule is CC(C)c1c[nH]c2ccc(Oc3c(C(F)(F)F)cc(NC(=O)C4CCCCC4)cc3C(F)(F)F)cc12. The number of nitrogens with one attached hydrogen (secondary N) is 2. The molecule has 3 aromatic rings. The van der Waals surface area contributed by atoms with Gasteiger partial charge >= 0.3 is 12.4 Å². The topological polar surface area (TPSA) is 54.1 Å². The molecule has 4 nitrogen and oxygen atoms in total. The molecule has 194 valence electrons. The molecule has 0 radical (unpaired) electrons. The van der Waals surface area contributed by atoms with Gasteiger partial charge in [-0.05, 0) is 54.7 Å². The second kappa shape index (κ2) is 9.71. The number of H-pyrrole nitrogens is 1. The summed E-state index contributed by atoms with van der Waals surface area (Å²) >= 11 is 0. The maximum Gasteiger partial charge on any atom is 0.420 e. The first kappa shape index (κ1) is 25.9. The zero-order chi connectivity index (χ0) is 26.3. The number of hydrogen-bond acceptors (Lipinski definition) is 2. The number of aromatic amines is 1. The van der Waals surface area contributed by atoms with Crippen molar-refractivity contribution in [2.45, 2.75) is 64.2 Å². The van der Waals surface area contributed by atoms with E-state index in [4.69, 9.17) is 4.74 Å². The number of halogens is 6. The van der Waals surface area contributed by atoms with Gasteiger partial charge in [-0.2, -0.15) is 26.3 Å². The summed E-state index contributed by atoms with van der Waals surface area (Å²) in [6, 6.07) is 5.26. The second-order valence-corrected chi connectivity index (χ2v) is 9.43. The third kappa shape index (κ3) is 5.47. The molecule has 0 aliphatic heterocycles. The van der Waals surface area contributed by atoms with Crippen LogP contribution in [0.2, 0.25) is 0 Å². The van der Waals surface area contributed by atoms with Crippen molar-refractivity contribution < 1.29 is 35.9 Å². The molecular formula is C26H26F6N2O2. The van der Waals surface area contributed by atoms with Crippen molar-refractivity contribution in [1.29, 1.82) is 0 Å². The van der Waals surface area contributed by atoms with Gasteiger partial charge in [-0.25, -0.2) is 0 Å². The Morgan fingerprint density at radius 1 is 0.972 bits per heavy atom. The minimum Gasteiger partial charge on any atom is -0.456 e. The molecule has 0 atom stereocenters. The van der Waals surface area contributed by atoms with E-state index >= 15 is 0 Å². The number of amides is 1. The van der Waals surface area contributed by atoms with Gasteiger partial charge < -0.3 is 15.0 Å². The summed E-state index contributed by atoms with van der Waals surface area (Å²) in [4.78, 5) is 15.6. The number of carbonyl (C=O) groups excluding carboxylic acids is 1. The molecule has 1 saturated carbocycles. The predicted molar refractivity (Wildman–Crippen MR) is 124 cm³/mol. The second-order valence-electron chi connectivity index (χ2n) is 9.43. The van der Waals surface area contributed by atoms with Gasteiger partial charge in [0.2, 0.25) is 5.91 Å². The zero-order valence-electron chi connectivity index (χ0n) is 19.7. The molecule has 2 aromatic carbocycles. The van der Waals surface area contributed by atoms with Crippen molar-refractivity contribution in [2.24, 2.45) is 5.92 Å². The van der Waals surface area contributed by atoms with Gasteiger partial charge in [0, 0.05) is 28.7 Å². The minimum absolute atomic E-state index is 0.0672. The third-order valence-electron chi connectivity index (χ3n) is 6.47. The number of anilines is 1. The van der Waals surface area contributed by atoms with Crippen LogP contribution < -0.4 is 10.1 Å². The van der Waals surface area contributed by atoms with Gasteiger partial charge in [-0.15, -0.1) is 0 Å². The van der Waals surface area contributed by atoms with Gasteiger partial charge in [0.25, 0.3) is 0 Å². The first-order chi connectivity index (χ1) is 16.8. The van der Waals surface area contributed by atoms with Crippen LogP contribution in [0.15, 0.2) is 36.5 Å². The van der Waals surface area contributed by atoms with Crippen LogP contribution in [0.1, 0.15) is 68.6 Å². The van der Waals surface area contributed by atoms with Gasteiger partial charge in [-0.3, -0.25) is 4.79 Å². The summed E-state index contributed by atoms with van der Waals surface area (Å²) in [5, 5.41) is 2.91. The average molecular weight is 512 g/mol. The summed E-state index contributed by atoms with van der Waals surface area (Å²) < 4.78 is 89.3. The molecule has 0 unspecified atom stereocenters. The number of alkyl halides is 6. The van der Waals surface area contributed by atoms with Crippen LogP contribution in [-0.4, -0.2) is 10.9 Å². The summed E-state index contributed by atoms with van der Waals surface area (Å²) in [6.45, 7) is 3.83. The number of carbonyl (C=O) groups is 1. The molecule has 1 heterocycles. The number of hydrogen-bond donors (Lipinski definition) is 2. The number of fused-ring (bicyclic) bond motifs is 1. The molecule has 10 heteroatoms. The van der Waals surface area contributed by atoms with E-state index < -0.39 is 46.7 Å². The molecule has 1 aliphatic rings. The maximum atomic E-state index is 14.0. The summed E-state index contributed by atoms with van der Waals surface area (Å²) in [6.07, 6.45) is -4.97. The monoisotopic (exact) mass is 512 g/mol. The molecule has 0 spiro atoms. The highest BCUT2D eigenvalue weighted by Gasteiger charge is 2.43. The lowest BCUT2D eigenvalue weighted by Crippen LogP contribution is -2.25. The van der Waals surface area contributed by atoms with E-state index in [9.17, 15) is 31.1 Å². The van der Waals surface area contributed by atoms with Crippen molar-refractivity contribution in [3.05, 3.63) is 53.2 Å². The first-order valence-electron chi connectivity index (χ1n) is 11.8. The van der Waals surface area contributed by atoms with Crippen LogP contribution in [0, 0.1) is 5.92 Å². The van der Waals surface area contributed by atoms with Crippen molar-refractivity contribution in [3.63, 3.8) is 0 Å². The first-order valence-corrected chi connectivity index (χ1v) is 11.8. The Bertz CT molecular complexity index is 1220. The lowest BCUT2D eigenvalue weighted by Gasteiger charge is -2.23. The maximum absolute atomic E-state index is 14.0. The Balaban J connectivity index is 1.77. The van der Waals surface area contributed by atoms with Gasteiger partial charge in [0.1, 0.15) is 16.9 Å². The largest absolute Gasteiger partial charge is 0.456 e. The van der Waals surface area contributed by atoms with Gasteiger partial charge in [-0.1, -0.05) is 33.1 Å². The summed E-state index contributed by atoms with van der Waals surface area (Å²) in [7, 11) is 0. The van der Waals surface area contributed by atoms with E-state index in [0.29, 0.717) is 35.9 Å². The van der Waals surface area contributed by atoms with Crippen LogP contribution in [0.5, 0.6) is 11.5 Å². The van der Waals surface area contributed by atoms with Crippen molar-refractivity contribution in [3.8, 4) is 11.5 Å². The molecule has 4 rings (SSSR count). The fourth-order valence-electron chi connectivity index (χ4n) is 4.62. The Morgan fingerprint density at radius 2 is 1.58 bits per heavy atom. The predicted octanol–water partition coefficient (Wildman–Crippen LogP) is 8.64. The van der Waals surface area contributed by atoms with Gasteiger partial charge in [0.05, 0.1) is 0 Å². The molecule has 1 aromatic heterocycles. The van der Waals surface area contributed by atoms with E-state index in [2.05, 4.69) is 10.3 Å². The zero-order valence-corrected chi connectivity index (χ0v) is 19.7. The molecule has 0 saturated heterocycles. The molecule has 1 fully saturated rings. The number of ether oxygens (including phenoxy) is 1. The van der Waals surface area contributed by atoms with Crippen molar-refractivity contribution in [1.82, 2.24) is 4.98 Å². The Hall–Kier alpha value is -3.17. The Labute approximate surface area is 204 Å². The van der Waals surface area contributed by atoms with Crippen LogP contribution in [0.25, 0.3) is 10.9 Å². The lowest BCUT2D eigenvalue weighted by atomic mass is 9.88. The smallest absolute Gasteiger partial charge is 0.420 e. The highest BCUT2D eigenvalue weighted by molar-refractivity contribution is 5.93. The number of benzene rings is 2. The standard InChI is InChI=1S/C26H26F6N2O2/c1-14(2)19-13-33-22-9-8-17(12-18(19)22)36-23-20(25(27,28)29)10-16(11-21(23)26(30,31)32)34-24(35)15-6-4-3-5-7-15/h8-15,33H,3-7H2,1-2H3,(H,34,35). The lowest BCUT2D eigenvalue weighted by molar-refractivity contribution is -0.145. The Kier molecular flexibility index (Phi) is 6.99. The van der Waals surface area contributed by atoms with Gasteiger partial charge in [0.15, 0.2) is 5.75 Å². The quantitative estimate of drug-likeness (QED) is 0.336. The van der Waals surface area contributed by atoms with Crippen LogP contribution >= 0.6 is 0 Å². The minimum atomic E-state index is -5.16. The average Bonchev–Trinajstić information content (AvgIpc) is 3.22. The summed E-state index contributed by atoms with van der Waals surface area (Å²) in [5.41, 5.74) is -2.27. The molecule has 2 N–H and O–H groups in total. The van der Waals surface area contributed by atoms with Crippen molar-refractivity contribution in [2.75, 3.05) is 5.32 Å². The van der Waals surface area contributed by atoms with E-state index in [1.54, 1.807) is 6.20 Å². The van der Waals surface area contributed by atoms with E-state index in [1.807, 2.05) is 13.8 Å². The summed E-state index contributed by atoms with van der Waals surface area (Å²) in [5.74, 6) is -2.48. The molecule has 1 amide bonds. The number of rotatable bonds is 5. The van der Waals surface area contributed by atoms with E-state index in [-0.39, 0.29) is 11.7 Å². The molecular weight excluding hydrogens is 486 g/mol. The normalized spacial score (nSPS) is 15.5. The highest BCUT2D eigenvalue weighted by Crippen LogP contribution is 2.48. The van der Waals surface area contributed by atoms with Crippen LogP contribution in [0.3, 0.4) is 0 Å². The van der Waals surface area contributed by atoms with Crippen LogP contribution in [0.4, 0.5) is 32.0 Å². The number of aromatic nitrogens is 1. The molecule has 1 aliphatic carbocycles. The molecule has 36 heavy (non-hydrogen) atoms. The third-order valence-corrected chi connectivity index (χ3v) is 6.47.